The summed E-state index contributed by atoms with van der Waals surface area (Å²) >= 11 is 0. The van der Waals surface area contributed by atoms with Gasteiger partial charge in [0, 0.05) is 50.2 Å². The van der Waals surface area contributed by atoms with Gasteiger partial charge in [-0.2, -0.15) is 5.10 Å². The molecule has 0 saturated heterocycles. The third-order valence-corrected chi connectivity index (χ3v) is 6.28. The quantitative estimate of drug-likeness (QED) is 0.594. The first-order chi connectivity index (χ1) is 14.3. The van der Waals surface area contributed by atoms with Gasteiger partial charge in [0.1, 0.15) is 4.90 Å². The lowest BCUT2D eigenvalue weighted by atomic mass is 10.2. The predicted octanol–water partition coefficient (Wildman–Crippen LogP) is 2.21. The molecule has 0 atom stereocenters. The third-order valence-electron chi connectivity index (χ3n) is 4.84. The number of hydrogen-bond donors (Lipinski definition) is 1. The van der Waals surface area contributed by atoms with E-state index in [1.807, 2.05) is 48.9 Å². The lowest BCUT2D eigenvalue weighted by Crippen LogP contribution is -2.32. The number of carbonyl (C=O) groups is 1. The number of amides is 1. The second-order valence-corrected chi connectivity index (χ2v) is 8.75. The van der Waals surface area contributed by atoms with Gasteiger partial charge in [0.15, 0.2) is 0 Å². The zero-order valence-corrected chi connectivity index (χ0v) is 18.1. The lowest BCUT2D eigenvalue weighted by molar-refractivity contribution is -0.130. The molecule has 3 rings (SSSR count). The van der Waals surface area contributed by atoms with Crippen molar-refractivity contribution in [1.82, 2.24) is 24.4 Å². The van der Waals surface area contributed by atoms with Crippen molar-refractivity contribution >= 4 is 15.9 Å². The summed E-state index contributed by atoms with van der Waals surface area (Å²) in [5.74, 6) is -0.157. The minimum Gasteiger partial charge on any atom is -0.341 e. The number of hydrogen-bond acceptors (Lipinski definition) is 5. The van der Waals surface area contributed by atoms with E-state index in [4.69, 9.17) is 0 Å². The van der Waals surface area contributed by atoms with Crippen LogP contribution in [0.1, 0.15) is 23.4 Å². The molecule has 3 aromatic rings. The largest absolute Gasteiger partial charge is 0.341 e. The Bertz CT molecular complexity index is 1110. The maximum absolute atomic E-state index is 12.5. The van der Waals surface area contributed by atoms with E-state index >= 15 is 0 Å². The fourth-order valence-electron chi connectivity index (χ4n) is 3.12. The lowest BCUT2D eigenvalue weighted by Gasteiger charge is -2.18. The van der Waals surface area contributed by atoms with Crippen molar-refractivity contribution in [1.29, 1.82) is 0 Å². The summed E-state index contributed by atoms with van der Waals surface area (Å²) in [5.41, 5.74) is 3.76. The van der Waals surface area contributed by atoms with Crippen molar-refractivity contribution in [2.45, 2.75) is 31.7 Å². The van der Waals surface area contributed by atoms with Crippen LogP contribution in [0, 0.1) is 13.8 Å². The molecule has 2 aromatic heterocycles. The smallest absolute Gasteiger partial charge is 0.242 e. The van der Waals surface area contributed by atoms with Crippen LogP contribution in [0.4, 0.5) is 0 Å². The maximum atomic E-state index is 12.5. The van der Waals surface area contributed by atoms with Gasteiger partial charge in [0.25, 0.3) is 0 Å². The molecule has 158 valence electrons. The summed E-state index contributed by atoms with van der Waals surface area (Å²) in [6, 6.07) is 12.8. The highest BCUT2D eigenvalue weighted by Gasteiger charge is 2.18. The van der Waals surface area contributed by atoms with E-state index in [0.717, 1.165) is 22.6 Å². The van der Waals surface area contributed by atoms with Gasteiger partial charge in [-0.3, -0.25) is 9.78 Å². The molecule has 1 aromatic carbocycles. The van der Waals surface area contributed by atoms with Crippen molar-refractivity contribution in [3.05, 3.63) is 71.8 Å². The van der Waals surface area contributed by atoms with E-state index in [9.17, 15) is 13.2 Å². The van der Waals surface area contributed by atoms with Gasteiger partial charge in [0.2, 0.25) is 15.9 Å². The first-order valence-corrected chi connectivity index (χ1v) is 11.0. The Kier molecular flexibility index (Phi) is 6.63. The number of rotatable bonds is 8. The molecule has 2 heterocycles. The molecule has 1 N–H and O–H groups in total. The van der Waals surface area contributed by atoms with Crippen molar-refractivity contribution < 1.29 is 13.2 Å². The van der Waals surface area contributed by atoms with Crippen LogP contribution in [0.3, 0.4) is 0 Å². The normalized spacial score (nSPS) is 11.4. The number of pyridine rings is 1. The van der Waals surface area contributed by atoms with E-state index < -0.39 is 10.0 Å². The van der Waals surface area contributed by atoms with Gasteiger partial charge >= 0.3 is 0 Å². The van der Waals surface area contributed by atoms with Gasteiger partial charge in [-0.1, -0.05) is 18.2 Å². The van der Waals surface area contributed by atoms with E-state index in [1.54, 1.807) is 18.0 Å². The molecule has 0 aliphatic rings. The molecular formula is C21H25N5O3S. The Morgan fingerprint density at radius 2 is 1.87 bits per heavy atom. The minimum atomic E-state index is -3.68. The molecule has 0 unspecified atom stereocenters. The molecule has 30 heavy (non-hydrogen) atoms. The van der Waals surface area contributed by atoms with Crippen molar-refractivity contribution in [3.63, 3.8) is 0 Å². The molecule has 0 aliphatic carbocycles. The summed E-state index contributed by atoms with van der Waals surface area (Å²) in [5, 5.41) is 4.60. The molecule has 0 fully saturated rings. The van der Waals surface area contributed by atoms with Crippen LogP contribution in [0.15, 0.2) is 59.8 Å². The second-order valence-electron chi connectivity index (χ2n) is 6.98. The number of para-hydroxylation sites is 1. The number of aryl methyl sites for hydroxylation is 1. The Morgan fingerprint density at radius 3 is 2.53 bits per heavy atom. The van der Waals surface area contributed by atoms with Crippen LogP contribution < -0.4 is 4.72 Å². The molecule has 0 spiro atoms. The monoisotopic (exact) mass is 427 g/mol. The van der Waals surface area contributed by atoms with Gasteiger partial charge in [-0.05, 0) is 38.1 Å². The Balaban J connectivity index is 1.61. The average Bonchev–Trinajstić information content (AvgIpc) is 3.03. The fraction of sp³-hybridized carbons (Fsp3) is 0.286. The van der Waals surface area contributed by atoms with Gasteiger partial charge in [0.05, 0.1) is 11.4 Å². The number of sulfonamides is 1. The predicted molar refractivity (Wildman–Crippen MR) is 114 cm³/mol. The second kappa shape index (κ2) is 9.19. The fourth-order valence-corrected chi connectivity index (χ4v) is 4.12. The maximum Gasteiger partial charge on any atom is 0.242 e. The first-order valence-electron chi connectivity index (χ1n) is 9.54. The highest BCUT2D eigenvalue weighted by molar-refractivity contribution is 7.89. The van der Waals surface area contributed by atoms with Crippen LogP contribution in [-0.2, 0) is 21.4 Å². The van der Waals surface area contributed by atoms with E-state index in [-0.39, 0.29) is 23.8 Å². The number of aromatic nitrogens is 3. The van der Waals surface area contributed by atoms with Crippen LogP contribution >= 0.6 is 0 Å². The zero-order valence-electron chi connectivity index (χ0n) is 17.2. The molecule has 0 bridgehead atoms. The summed E-state index contributed by atoms with van der Waals surface area (Å²) < 4.78 is 28.7. The van der Waals surface area contributed by atoms with Crippen molar-refractivity contribution in [2.75, 3.05) is 13.6 Å². The van der Waals surface area contributed by atoms with Crippen LogP contribution in [-0.4, -0.2) is 47.6 Å². The zero-order chi connectivity index (χ0) is 21.7. The Morgan fingerprint density at radius 1 is 1.13 bits per heavy atom. The van der Waals surface area contributed by atoms with E-state index in [2.05, 4.69) is 14.8 Å². The summed E-state index contributed by atoms with van der Waals surface area (Å²) in [6.07, 6.45) is 2.83. The van der Waals surface area contributed by atoms with Crippen molar-refractivity contribution in [2.24, 2.45) is 0 Å². The van der Waals surface area contributed by atoms with Gasteiger partial charge in [-0.25, -0.2) is 17.8 Å². The molecule has 9 heteroatoms. The molecule has 0 radical (unpaired) electrons. The Hall–Kier alpha value is -3.04. The highest BCUT2D eigenvalue weighted by atomic mass is 32.2. The molecule has 1 amide bonds. The molecule has 0 saturated carbocycles. The SMILES string of the molecule is Cc1nn(-c2ccccc2)c(C)c1CN(C)C(=O)CCNS(=O)(=O)c1cccnc1. The van der Waals surface area contributed by atoms with Crippen molar-refractivity contribution in [3.8, 4) is 5.69 Å². The number of carbonyl (C=O) groups excluding carboxylic acids is 1. The standard InChI is InChI=1S/C21H25N5O3S/c1-16-20(17(2)26(24-16)18-8-5-4-6-9-18)15-25(3)21(27)11-13-23-30(28,29)19-10-7-12-22-14-19/h4-10,12,14,23H,11,13,15H2,1-3H3. The first kappa shape index (κ1) is 21.7. The Labute approximate surface area is 176 Å². The highest BCUT2D eigenvalue weighted by Crippen LogP contribution is 2.19. The van der Waals surface area contributed by atoms with Gasteiger partial charge in [-0.15, -0.1) is 0 Å². The van der Waals surface area contributed by atoms with E-state index in [0.29, 0.717) is 6.54 Å². The molecule has 0 aliphatic heterocycles. The topological polar surface area (TPSA) is 97.2 Å². The van der Waals surface area contributed by atoms with Crippen LogP contribution in [0.25, 0.3) is 5.69 Å². The number of nitrogens with zero attached hydrogens (tertiary/aromatic N) is 4. The average molecular weight is 428 g/mol. The summed E-state index contributed by atoms with van der Waals surface area (Å²) in [7, 11) is -1.97. The number of benzene rings is 1. The van der Waals surface area contributed by atoms with Crippen LogP contribution in [0.5, 0.6) is 0 Å². The summed E-state index contributed by atoms with van der Waals surface area (Å²) in [4.78, 5) is 18.0. The van der Waals surface area contributed by atoms with Crippen LogP contribution in [0.2, 0.25) is 0 Å². The molecular weight excluding hydrogens is 402 g/mol. The summed E-state index contributed by atoms with van der Waals surface area (Å²) in [6.45, 7) is 4.31. The van der Waals surface area contributed by atoms with Gasteiger partial charge < -0.3 is 4.90 Å². The number of nitrogens with one attached hydrogen (secondary N) is 1. The minimum absolute atomic E-state index is 0.0155. The molecule has 8 nitrogen and oxygen atoms in total. The third kappa shape index (κ3) is 4.92. The van der Waals surface area contributed by atoms with E-state index in [1.165, 1.54) is 18.5 Å².